The van der Waals surface area contributed by atoms with Crippen LogP contribution in [-0.2, 0) is 9.53 Å². The third-order valence-corrected chi connectivity index (χ3v) is 4.75. The van der Waals surface area contributed by atoms with Gasteiger partial charge in [-0.3, -0.25) is 4.79 Å². The number of rotatable bonds is 14. The molecule has 1 fully saturated rings. The highest BCUT2D eigenvalue weighted by atomic mass is 16.5. The number of ether oxygens (including phenoxy) is 1. The summed E-state index contributed by atoms with van der Waals surface area (Å²) < 4.78 is 4.63. The van der Waals surface area contributed by atoms with E-state index in [1.54, 1.807) is 0 Å². The topological polar surface area (TPSA) is 26.3 Å². The Balaban J connectivity index is 1.92. The van der Waals surface area contributed by atoms with Crippen LogP contribution in [-0.4, -0.2) is 13.1 Å². The van der Waals surface area contributed by atoms with Gasteiger partial charge in [0.05, 0.1) is 7.11 Å². The van der Waals surface area contributed by atoms with Gasteiger partial charge in [-0.15, -0.1) is 0 Å². The summed E-state index contributed by atoms with van der Waals surface area (Å²) in [4.78, 5) is 11.0. The Labute approximate surface area is 160 Å². The molecule has 0 aromatic carbocycles. The average Bonchev–Trinajstić information content (AvgIpc) is 3.42. The average molecular weight is 357 g/mol. The predicted molar refractivity (Wildman–Crippen MR) is 112 cm³/mol. The smallest absolute Gasteiger partial charge is 0.305 e. The molecule has 0 aliphatic heterocycles. The number of carbonyl (C=O) groups excluding carboxylic acids is 1. The van der Waals surface area contributed by atoms with Crippen LogP contribution in [0.5, 0.6) is 0 Å². The van der Waals surface area contributed by atoms with Gasteiger partial charge in [-0.25, -0.2) is 0 Å². The highest BCUT2D eigenvalue weighted by Crippen LogP contribution is 2.41. The minimum Gasteiger partial charge on any atom is -0.469 e. The van der Waals surface area contributed by atoms with E-state index >= 15 is 0 Å². The Bertz CT molecular complexity index is 508. The lowest BCUT2D eigenvalue weighted by atomic mass is 10.1. The van der Waals surface area contributed by atoms with Crippen molar-refractivity contribution in [3.63, 3.8) is 0 Å². The number of hydrogen-bond donors (Lipinski definition) is 0. The summed E-state index contributed by atoms with van der Waals surface area (Å²) in [5, 5.41) is 0. The molecule has 2 atom stereocenters. The van der Waals surface area contributed by atoms with E-state index in [0.717, 1.165) is 31.1 Å². The van der Waals surface area contributed by atoms with Crippen LogP contribution in [0.25, 0.3) is 0 Å². The molecule has 1 aliphatic carbocycles. The second kappa shape index (κ2) is 15.4. The van der Waals surface area contributed by atoms with E-state index in [9.17, 15) is 4.79 Å². The lowest BCUT2D eigenvalue weighted by Gasteiger charge is -1.99. The second-order valence-corrected chi connectivity index (χ2v) is 6.92. The molecule has 144 valence electrons. The molecule has 0 amide bonds. The van der Waals surface area contributed by atoms with Gasteiger partial charge in [0.1, 0.15) is 0 Å². The Morgan fingerprint density at radius 3 is 2.15 bits per heavy atom. The van der Waals surface area contributed by atoms with Crippen LogP contribution in [0.15, 0.2) is 60.8 Å². The fourth-order valence-corrected chi connectivity index (χ4v) is 2.91. The first-order valence-corrected chi connectivity index (χ1v) is 10.2. The van der Waals surface area contributed by atoms with Gasteiger partial charge in [0.2, 0.25) is 0 Å². The van der Waals surface area contributed by atoms with Crippen LogP contribution in [0.2, 0.25) is 0 Å². The molecule has 26 heavy (non-hydrogen) atoms. The third kappa shape index (κ3) is 12.5. The fraction of sp³-hybridized carbons (Fsp3) is 0.542. The molecule has 1 saturated carbocycles. The quantitative estimate of drug-likeness (QED) is 0.196. The van der Waals surface area contributed by atoms with Crippen molar-refractivity contribution in [1.82, 2.24) is 0 Å². The molecule has 0 bridgehead atoms. The Kier molecular flexibility index (Phi) is 13.2. The minimum absolute atomic E-state index is 0.0934. The van der Waals surface area contributed by atoms with Crippen LogP contribution < -0.4 is 0 Å². The van der Waals surface area contributed by atoms with Crippen molar-refractivity contribution >= 4 is 5.97 Å². The lowest BCUT2D eigenvalue weighted by Crippen LogP contribution is -1.98. The lowest BCUT2D eigenvalue weighted by molar-refractivity contribution is -0.140. The van der Waals surface area contributed by atoms with Crippen molar-refractivity contribution in [2.24, 2.45) is 11.8 Å². The van der Waals surface area contributed by atoms with E-state index in [1.165, 1.54) is 39.2 Å². The van der Waals surface area contributed by atoms with E-state index in [1.807, 2.05) is 0 Å². The highest BCUT2D eigenvalue weighted by Gasteiger charge is 2.32. The van der Waals surface area contributed by atoms with E-state index in [0.29, 0.717) is 6.42 Å². The zero-order valence-corrected chi connectivity index (χ0v) is 16.6. The van der Waals surface area contributed by atoms with Gasteiger partial charge in [0, 0.05) is 6.42 Å². The van der Waals surface area contributed by atoms with Gasteiger partial charge in [-0.2, -0.15) is 0 Å². The van der Waals surface area contributed by atoms with Crippen molar-refractivity contribution in [1.29, 1.82) is 0 Å². The van der Waals surface area contributed by atoms with E-state index in [4.69, 9.17) is 0 Å². The Hall–Kier alpha value is -1.83. The van der Waals surface area contributed by atoms with E-state index in [2.05, 4.69) is 72.4 Å². The molecule has 2 unspecified atom stereocenters. The first-order chi connectivity index (χ1) is 12.8. The summed E-state index contributed by atoms with van der Waals surface area (Å²) >= 11 is 0. The Morgan fingerprint density at radius 2 is 1.50 bits per heavy atom. The molecule has 0 heterocycles. The van der Waals surface area contributed by atoms with Gasteiger partial charge in [-0.05, 0) is 37.5 Å². The zero-order chi connectivity index (χ0) is 18.9. The number of esters is 1. The van der Waals surface area contributed by atoms with Crippen LogP contribution >= 0.6 is 0 Å². The Morgan fingerprint density at radius 1 is 0.885 bits per heavy atom. The summed E-state index contributed by atoms with van der Waals surface area (Å²) in [6, 6.07) is 0. The van der Waals surface area contributed by atoms with Crippen molar-refractivity contribution in [3.8, 4) is 0 Å². The summed E-state index contributed by atoms with van der Waals surface area (Å²) in [5.41, 5.74) is 0. The maximum atomic E-state index is 11.0. The molecule has 0 spiro atoms. The number of carbonyl (C=O) groups is 1. The monoisotopic (exact) mass is 356 g/mol. The van der Waals surface area contributed by atoms with Crippen LogP contribution in [0.4, 0.5) is 0 Å². The molecule has 2 nitrogen and oxygen atoms in total. The summed E-state index contributed by atoms with van der Waals surface area (Å²) in [6.45, 7) is 2.27. The van der Waals surface area contributed by atoms with Crippen molar-refractivity contribution < 1.29 is 9.53 Å². The fourth-order valence-electron chi connectivity index (χ4n) is 2.91. The maximum Gasteiger partial charge on any atom is 0.305 e. The molecule has 0 N–H and O–H groups in total. The number of unbranched alkanes of at least 4 members (excludes halogenated alkanes) is 5. The predicted octanol–water partition coefficient (Wildman–Crippen LogP) is 6.72. The first kappa shape index (κ1) is 22.2. The minimum atomic E-state index is -0.0934. The molecule has 1 aliphatic rings. The maximum absolute atomic E-state index is 11.0. The number of hydrogen-bond acceptors (Lipinski definition) is 2. The van der Waals surface area contributed by atoms with Crippen molar-refractivity contribution in [2.45, 2.75) is 64.7 Å². The van der Waals surface area contributed by atoms with Gasteiger partial charge in [0.25, 0.3) is 0 Å². The van der Waals surface area contributed by atoms with Gasteiger partial charge >= 0.3 is 5.97 Å². The molecule has 2 heteroatoms. The van der Waals surface area contributed by atoms with Crippen LogP contribution in [0, 0.1) is 11.8 Å². The molecular formula is C24H36O2. The molecule has 0 saturated heterocycles. The first-order valence-electron chi connectivity index (χ1n) is 10.2. The normalized spacial score (nSPS) is 20.4. The third-order valence-electron chi connectivity index (χ3n) is 4.75. The molecule has 0 aromatic rings. The van der Waals surface area contributed by atoms with Crippen molar-refractivity contribution in [3.05, 3.63) is 60.8 Å². The largest absolute Gasteiger partial charge is 0.469 e. The summed E-state index contributed by atoms with van der Waals surface area (Å²) in [7, 11) is 1.45. The van der Waals surface area contributed by atoms with Gasteiger partial charge < -0.3 is 4.74 Å². The summed E-state index contributed by atoms with van der Waals surface area (Å²) in [5.74, 6) is 1.68. The highest BCUT2D eigenvalue weighted by molar-refractivity contribution is 5.68. The second-order valence-electron chi connectivity index (χ2n) is 6.92. The standard InChI is InChI=1S/C24H36O2/c1-3-22-21-23(22)19-17-15-13-11-9-7-5-4-6-8-10-12-14-16-18-20-24(25)26-2/h4-7,9,11,13,15,17,19,22-23H,3,8,10,12,14,16,18,20-21H2,1-2H3. The van der Waals surface area contributed by atoms with Gasteiger partial charge in [0.15, 0.2) is 0 Å². The van der Waals surface area contributed by atoms with Crippen LogP contribution in [0.1, 0.15) is 64.7 Å². The van der Waals surface area contributed by atoms with Crippen LogP contribution in [0.3, 0.4) is 0 Å². The van der Waals surface area contributed by atoms with Crippen molar-refractivity contribution in [2.75, 3.05) is 7.11 Å². The zero-order valence-electron chi connectivity index (χ0n) is 16.6. The molecular weight excluding hydrogens is 320 g/mol. The van der Waals surface area contributed by atoms with E-state index < -0.39 is 0 Å². The summed E-state index contributed by atoms with van der Waals surface area (Å²) in [6.07, 6.45) is 31.3. The molecule has 0 radical (unpaired) electrons. The molecule has 0 aromatic heterocycles. The number of allylic oxidation sites excluding steroid dienone is 10. The van der Waals surface area contributed by atoms with E-state index in [-0.39, 0.29) is 5.97 Å². The van der Waals surface area contributed by atoms with Gasteiger partial charge in [-0.1, -0.05) is 93.4 Å². The number of methoxy groups -OCH3 is 1. The SMILES string of the molecule is CCC1CC1C=CC=CC=CC=CC=CCCCCCCCC(=O)OC. The molecule has 1 rings (SSSR count).